The first-order valence-electron chi connectivity index (χ1n) is 7.98. The molecule has 0 saturated carbocycles. The number of ether oxygens (including phenoxy) is 1. The fraction of sp³-hybridized carbons (Fsp3) is 0.588. The Kier molecular flexibility index (Phi) is 5.32. The molecular formula is C17H24F2N2O3. The summed E-state index contributed by atoms with van der Waals surface area (Å²) < 4.78 is 32.1. The van der Waals surface area contributed by atoms with E-state index in [0.29, 0.717) is 25.9 Å². The summed E-state index contributed by atoms with van der Waals surface area (Å²) in [6, 6.07) is 3.85. The minimum absolute atomic E-state index is 0.0120. The van der Waals surface area contributed by atoms with Crippen LogP contribution in [0.15, 0.2) is 18.2 Å². The van der Waals surface area contributed by atoms with Crippen molar-refractivity contribution in [3.8, 4) is 0 Å². The molecule has 0 bridgehead atoms. The molecule has 2 rings (SSSR count). The van der Waals surface area contributed by atoms with Crippen LogP contribution >= 0.6 is 0 Å². The summed E-state index contributed by atoms with van der Waals surface area (Å²) in [7, 11) is 0. The second kappa shape index (κ2) is 6.93. The van der Waals surface area contributed by atoms with Gasteiger partial charge in [0.25, 0.3) is 0 Å². The fourth-order valence-corrected chi connectivity index (χ4v) is 2.51. The summed E-state index contributed by atoms with van der Waals surface area (Å²) in [5.74, 6) is -1.90. The number of rotatable bonds is 3. The summed E-state index contributed by atoms with van der Waals surface area (Å²) in [4.78, 5) is 13.5. The van der Waals surface area contributed by atoms with Gasteiger partial charge < -0.3 is 20.1 Å². The highest BCUT2D eigenvalue weighted by Crippen LogP contribution is 2.25. The molecule has 1 heterocycles. The minimum atomic E-state index is -1.09. The average molecular weight is 342 g/mol. The van der Waals surface area contributed by atoms with Crippen LogP contribution in [0.25, 0.3) is 0 Å². The van der Waals surface area contributed by atoms with Gasteiger partial charge in [0.05, 0.1) is 11.3 Å². The Morgan fingerprint density at radius 3 is 2.54 bits per heavy atom. The maximum absolute atomic E-state index is 13.6. The lowest BCUT2D eigenvalue weighted by molar-refractivity contribution is -0.0245. The van der Waals surface area contributed by atoms with Gasteiger partial charge in [0.2, 0.25) is 0 Å². The number of likely N-dealkylation sites (tertiary alicyclic amines) is 1. The predicted molar refractivity (Wildman–Crippen MR) is 86.8 cm³/mol. The average Bonchev–Trinajstić information content (AvgIpc) is 2.48. The molecule has 1 aliphatic heterocycles. The van der Waals surface area contributed by atoms with E-state index in [9.17, 15) is 18.7 Å². The summed E-state index contributed by atoms with van der Waals surface area (Å²) in [6.07, 6.45) is 0.250. The van der Waals surface area contributed by atoms with Crippen molar-refractivity contribution in [2.24, 2.45) is 0 Å². The van der Waals surface area contributed by atoms with Crippen molar-refractivity contribution in [1.29, 1.82) is 0 Å². The monoisotopic (exact) mass is 342 g/mol. The summed E-state index contributed by atoms with van der Waals surface area (Å²) in [6.45, 7) is 6.15. The third-order valence-electron chi connectivity index (χ3n) is 3.91. The molecular weight excluding hydrogens is 318 g/mol. The number of amides is 1. The van der Waals surface area contributed by atoms with Gasteiger partial charge in [-0.15, -0.1) is 0 Å². The topological polar surface area (TPSA) is 61.8 Å². The molecule has 24 heavy (non-hydrogen) atoms. The largest absolute Gasteiger partial charge is 0.444 e. The van der Waals surface area contributed by atoms with E-state index in [0.717, 1.165) is 6.07 Å². The van der Waals surface area contributed by atoms with Crippen molar-refractivity contribution in [2.45, 2.75) is 44.8 Å². The first-order valence-corrected chi connectivity index (χ1v) is 7.98. The number of halogens is 2. The number of nitrogens with one attached hydrogen (secondary N) is 1. The van der Waals surface area contributed by atoms with Gasteiger partial charge in [-0.25, -0.2) is 13.6 Å². The lowest BCUT2D eigenvalue weighted by Gasteiger charge is -2.38. The molecule has 134 valence electrons. The molecule has 1 aliphatic rings. The van der Waals surface area contributed by atoms with E-state index in [-0.39, 0.29) is 12.2 Å². The highest BCUT2D eigenvalue weighted by Gasteiger charge is 2.35. The lowest BCUT2D eigenvalue weighted by atomic mass is 9.91. The standard InChI is InChI=1S/C17H24F2N2O3/c1-16(2,3)24-15(22)21-9-7-17(23,8-10-21)11-20-13-6-4-5-12(18)14(13)19/h4-6,20,23H,7-11H2,1-3H3. The number of hydrogen-bond donors (Lipinski definition) is 2. The highest BCUT2D eigenvalue weighted by atomic mass is 19.2. The molecule has 0 aromatic heterocycles. The predicted octanol–water partition coefficient (Wildman–Crippen LogP) is 3.14. The van der Waals surface area contributed by atoms with Crippen molar-refractivity contribution in [1.82, 2.24) is 4.90 Å². The second-order valence-electron chi connectivity index (χ2n) is 7.15. The van der Waals surface area contributed by atoms with E-state index < -0.39 is 28.9 Å². The van der Waals surface area contributed by atoms with Gasteiger partial charge in [-0.2, -0.15) is 0 Å². The molecule has 1 aromatic carbocycles. The molecule has 1 saturated heterocycles. The van der Waals surface area contributed by atoms with E-state index >= 15 is 0 Å². The molecule has 0 unspecified atom stereocenters. The van der Waals surface area contributed by atoms with Crippen LogP contribution in [0.3, 0.4) is 0 Å². The van der Waals surface area contributed by atoms with Gasteiger partial charge in [0.15, 0.2) is 11.6 Å². The van der Waals surface area contributed by atoms with Gasteiger partial charge in [-0.05, 0) is 45.7 Å². The zero-order valence-electron chi connectivity index (χ0n) is 14.2. The molecule has 2 N–H and O–H groups in total. The number of carbonyl (C=O) groups is 1. The number of anilines is 1. The van der Waals surface area contributed by atoms with Crippen LogP contribution in [-0.4, -0.2) is 46.9 Å². The van der Waals surface area contributed by atoms with Gasteiger partial charge >= 0.3 is 6.09 Å². The van der Waals surface area contributed by atoms with Crippen molar-refractivity contribution in [3.05, 3.63) is 29.8 Å². The number of hydrogen-bond acceptors (Lipinski definition) is 4. The maximum Gasteiger partial charge on any atom is 0.410 e. The van der Waals surface area contributed by atoms with E-state index in [1.807, 2.05) is 0 Å². The third kappa shape index (κ3) is 4.80. The van der Waals surface area contributed by atoms with E-state index in [1.54, 1.807) is 25.7 Å². The van der Waals surface area contributed by atoms with Gasteiger partial charge in [0, 0.05) is 19.6 Å². The first-order chi connectivity index (χ1) is 11.1. The Bertz CT molecular complexity index is 594. The maximum atomic E-state index is 13.6. The zero-order chi connectivity index (χ0) is 18.0. The molecule has 1 aromatic rings. The van der Waals surface area contributed by atoms with Gasteiger partial charge in [0.1, 0.15) is 5.60 Å². The number of piperidine rings is 1. The number of nitrogens with zero attached hydrogens (tertiary/aromatic N) is 1. The minimum Gasteiger partial charge on any atom is -0.444 e. The van der Waals surface area contributed by atoms with Crippen molar-refractivity contribution >= 4 is 11.8 Å². The summed E-state index contributed by atoms with van der Waals surface area (Å²) >= 11 is 0. The van der Waals surface area contributed by atoms with Crippen LogP contribution in [0.2, 0.25) is 0 Å². The van der Waals surface area contributed by atoms with Crippen LogP contribution in [0.5, 0.6) is 0 Å². The van der Waals surface area contributed by atoms with Gasteiger partial charge in [-0.1, -0.05) is 6.07 Å². The van der Waals surface area contributed by atoms with Crippen LogP contribution in [-0.2, 0) is 4.74 Å². The van der Waals surface area contributed by atoms with Crippen molar-refractivity contribution in [3.63, 3.8) is 0 Å². The zero-order valence-corrected chi connectivity index (χ0v) is 14.2. The van der Waals surface area contributed by atoms with Crippen LogP contribution < -0.4 is 5.32 Å². The molecule has 0 radical (unpaired) electrons. The van der Waals surface area contributed by atoms with Crippen LogP contribution in [0.1, 0.15) is 33.6 Å². The summed E-state index contributed by atoms with van der Waals surface area (Å²) in [5.41, 5.74) is -1.64. The van der Waals surface area contributed by atoms with Crippen molar-refractivity contribution in [2.75, 3.05) is 25.0 Å². The Labute approximate surface area is 140 Å². The lowest BCUT2D eigenvalue weighted by Crippen LogP contribution is -2.50. The Hall–Kier alpha value is -1.89. The Morgan fingerprint density at radius 2 is 1.96 bits per heavy atom. The van der Waals surface area contributed by atoms with Crippen LogP contribution in [0, 0.1) is 11.6 Å². The molecule has 7 heteroatoms. The molecule has 0 atom stereocenters. The molecule has 0 spiro atoms. The SMILES string of the molecule is CC(C)(C)OC(=O)N1CCC(O)(CNc2cccc(F)c2F)CC1. The second-order valence-corrected chi connectivity index (χ2v) is 7.15. The van der Waals surface area contributed by atoms with E-state index in [1.165, 1.54) is 12.1 Å². The van der Waals surface area contributed by atoms with Crippen LogP contribution in [0.4, 0.5) is 19.3 Å². The summed E-state index contributed by atoms with van der Waals surface area (Å²) in [5, 5.41) is 13.3. The number of aliphatic hydroxyl groups is 1. The van der Waals surface area contributed by atoms with E-state index in [4.69, 9.17) is 4.74 Å². The molecule has 1 amide bonds. The smallest absolute Gasteiger partial charge is 0.410 e. The molecule has 0 aliphatic carbocycles. The highest BCUT2D eigenvalue weighted by molar-refractivity contribution is 5.68. The molecule has 5 nitrogen and oxygen atoms in total. The molecule has 1 fully saturated rings. The number of carbonyl (C=O) groups excluding carboxylic acids is 1. The van der Waals surface area contributed by atoms with E-state index in [2.05, 4.69) is 5.32 Å². The van der Waals surface area contributed by atoms with Crippen molar-refractivity contribution < 1.29 is 23.4 Å². The number of benzene rings is 1. The Morgan fingerprint density at radius 1 is 1.33 bits per heavy atom. The normalized spacial score (nSPS) is 17.5. The Balaban J connectivity index is 1.88. The first kappa shape index (κ1) is 18.4. The van der Waals surface area contributed by atoms with Gasteiger partial charge in [-0.3, -0.25) is 0 Å². The third-order valence-corrected chi connectivity index (χ3v) is 3.91. The quantitative estimate of drug-likeness (QED) is 0.886. The fourth-order valence-electron chi connectivity index (χ4n) is 2.51.